The molecule has 244 valence electrons. The van der Waals surface area contributed by atoms with Gasteiger partial charge in [-0.3, -0.25) is 0 Å². The van der Waals surface area contributed by atoms with Crippen LogP contribution in [0.3, 0.4) is 0 Å². The first-order valence-electron chi connectivity index (χ1n) is 16.1. The van der Waals surface area contributed by atoms with E-state index in [1.807, 2.05) is 72.8 Å². The summed E-state index contributed by atoms with van der Waals surface area (Å²) >= 11 is 0. The highest BCUT2D eigenvalue weighted by Gasteiger charge is 2.57. The Balaban J connectivity index is 1.55. The molecule has 4 aromatic carbocycles. The van der Waals surface area contributed by atoms with Crippen LogP contribution in [0.4, 0.5) is 0 Å². The Kier molecular flexibility index (Phi) is 10.2. The van der Waals surface area contributed by atoms with Gasteiger partial charge in [0, 0.05) is 0 Å². The van der Waals surface area contributed by atoms with Crippen LogP contribution < -0.4 is 20.7 Å². The molecule has 5 atom stereocenters. The summed E-state index contributed by atoms with van der Waals surface area (Å²) in [6.07, 6.45) is -6.41. The number of ether oxygens (including phenoxy) is 1. The minimum Gasteiger partial charge on any atom is -0.405 e. The number of aliphatic hydroxyl groups excluding tert-OH is 3. The van der Waals surface area contributed by atoms with Gasteiger partial charge >= 0.3 is 0 Å². The molecule has 8 heteroatoms. The molecule has 1 aliphatic rings. The third kappa shape index (κ3) is 6.33. The van der Waals surface area contributed by atoms with Crippen LogP contribution in [-0.4, -0.2) is 69.3 Å². The minimum absolute atomic E-state index is 0.00116. The van der Waals surface area contributed by atoms with Gasteiger partial charge < -0.3 is 28.9 Å². The van der Waals surface area contributed by atoms with E-state index in [-0.39, 0.29) is 11.6 Å². The zero-order valence-electron chi connectivity index (χ0n) is 27.7. The van der Waals surface area contributed by atoms with E-state index >= 15 is 0 Å². The van der Waals surface area contributed by atoms with Crippen molar-refractivity contribution in [3.05, 3.63) is 121 Å². The maximum absolute atomic E-state index is 12.0. The summed E-state index contributed by atoms with van der Waals surface area (Å²) in [5.74, 6) is 0. The lowest BCUT2D eigenvalue weighted by molar-refractivity contribution is -0.282. The smallest absolute Gasteiger partial charge is 0.261 e. The van der Waals surface area contributed by atoms with E-state index in [1.54, 1.807) is 0 Å². The van der Waals surface area contributed by atoms with Gasteiger partial charge in [0.25, 0.3) is 16.6 Å². The predicted molar refractivity (Wildman–Crippen MR) is 189 cm³/mol. The van der Waals surface area contributed by atoms with Crippen molar-refractivity contribution >= 4 is 37.4 Å². The minimum atomic E-state index is -3.19. The normalized spacial score (nSPS) is 22.8. The van der Waals surface area contributed by atoms with Crippen molar-refractivity contribution in [3.63, 3.8) is 0 Å². The summed E-state index contributed by atoms with van der Waals surface area (Å²) in [7, 11) is -6.17. The second kappa shape index (κ2) is 13.7. The Hall–Kier alpha value is -2.93. The summed E-state index contributed by atoms with van der Waals surface area (Å²) in [5.41, 5.74) is 0. The summed E-state index contributed by atoms with van der Waals surface area (Å²) in [5, 5.41) is 38.0. The molecule has 0 saturated carbocycles. The van der Waals surface area contributed by atoms with Crippen LogP contribution in [0.1, 0.15) is 41.5 Å². The van der Waals surface area contributed by atoms with E-state index in [2.05, 4.69) is 90.1 Å². The standard InChI is InChI=1S/C38H48O6Si2/c1-37(2,3)45(28-19-11-7-12-20-28,29-21-13-8-14-22-29)42-27-32-33(39)35(34(40)36(41)43-32)44-46(38(4,5)6,30-23-15-9-16-24-30)31-25-17-10-18-26-31/h7-26,32-36,39-41H,27H2,1-6H3/t32-,33-,34+,35+,36+/m1/s1. The maximum atomic E-state index is 12.0. The Bertz CT molecular complexity index is 1440. The fraction of sp³-hybridized carbons (Fsp3) is 0.368. The van der Waals surface area contributed by atoms with Crippen molar-refractivity contribution in [2.45, 2.75) is 82.3 Å². The molecular weight excluding hydrogens is 609 g/mol. The van der Waals surface area contributed by atoms with E-state index in [9.17, 15) is 15.3 Å². The SMILES string of the molecule is CC(C)(C)[Si](OC[C@H]1O[C@H](O)[C@@H](O)[C@@H](O[Si](c2ccccc2)(c2ccccc2)C(C)(C)C)[C@@H]1O)(c1ccccc1)c1ccccc1. The van der Waals surface area contributed by atoms with Gasteiger partial charge in [-0.2, -0.15) is 0 Å². The monoisotopic (exact) mass is 656 g/mol. The molecule has 4 aromatic rings. The van der Waals surface area contributed by atoms with Crippen molar-refractivity contribution in [3.8, 4) is 0 Å². The predicted octanol–water partition coefficient (Wildman–Crippen LogP) is 3.95. The number of rotatable bonds is 9. The van der Waals surface area contributed by atoms with Gasteiger partial charge in [0.1, 0.15) is 24.4 Å². The van der Waals surface area contributed by atoms with Crippen molar-refractivity contribution in [1.29, 1.82) is 0 Å². The van der Waals surface area contributed by atoms with Gasteiger partial charge in [-0.1, -0.05) is 163 Å². The quantitative estimate of drug-likeness (QED) is 0.237. The van der Waals surface area contributed by atoms with E-state index < -0.39 is 52.4 Å². The fourth-order valence-corrected chi connectivity index (χ4v) is 16.3. The summed E-state index contributed by atoms with van der Waals surface area (Å²) in [4.78, 5) is 0. The Labute approximate surface area is 275 Å². The Morgan fingerprint density at radius 3 is 1.24 bits per heavy atom. The van der Waals surface area contributed by atoms with Gasteiger partial charge in [0.2, 0.25) is 0 Å². The molecule has 0 amide bonds. The molecule has 1 aliphatic heterocycles. The average molecular weight is 657 g/mol. The third-order valence-corrected chi connectivity index (χ3v) is 19.3. The van der Waals surface area contributed by atoms with E-state index in [4.69, 9.17) is 13.6 Å². The highest BCUT2D eigenvalue weighted by atomic mass is 28.4. The number of benzene rings is 4. The van der Waals surface area contributed by atoms with Crippen molar-refractivity contribution in [2.24, 2.45) is 0 Å². The molecule has 0 bridgehead atoms. The molecule has 1 heterocycles. The fourth-order valence-electron chi connectivity index (χ4n) is 7.06. The van der Waals surface area contributed by atoms with Crippen LogP contribution >= 0.6 is 0 Å². The van der Waals surface area contributed by atoms with Gasteiger partial charge in [-0.05, 0) is 30.8 Å². The van der Waals surface area contributed by atoms with Gasteiger partial charge in [-0.25, -0.2) is 0 Å². The summed E-state index contributed by atoms with van der Waals surface area (Å²) in [6, 6.07) is 40.6. The first kappa shape index (κ1) is 34.4. The Morgan fingerprint density at radius 1 is 0.543 bits per heavy atom. The molecular formula is C38H48O6Si2. The highest BCUT2D eigenvalue weighted by Crippen LogP contribution is 2.40. The second-order valence-corrected chi connectivity index (χ2v) is 22.8. The van der Waals surface area contributed by atoms with Crippen LogP contribution in [-0.2, 0) is 13.6 Å². The molecule has 5 rings (SSSR count). The van der Waals surface area contributed by atoms with Crippen LogP contribution in [0.15, 0.2) is 121 Å². The maximum Gasteiger partial charge on any atom is 0.261 e. The van der Waals surface area contributed by atoms with Crippen molar-refractivity contribution in [2.75, 3.05) is 6.61 Å². The van der Waals surface area contributed by atoms with Gasteiger partial charge in [-0.15, -0.1) is 0 Å². The topological polar surface area (TPSA) is 88.4 Å². The second-order valence-electron chi connectivity index (χ2n) is 14.3. The van der Waals surface area contributed by atoms with E-state index in [0.717, 1.165) is 20.7 Å². The largest absolute Gasteiger partial charge is 0.405 e. The first-order chi connectivity index (χ1) is 21.8. The molecule has 46 heavy (non-hydrogen) atoms. The Morgan fingerprint density at radius 2 is 0.891 bits per heavy atom. The number of aliphatic hydroxyl groups is 3. The molecule has 6 nitrogen and oxygen atoms in total. The zero-order valence-corrected chi connectivity index (χ0v) is 29.7. The molecule has 1 fully saturated rings. The van der Waals surface area contributed by atoms with Gasteiger partial charge in [0.05, 0.1) is 6.61 Å². The molecule has 0 radical (unpaired) electrons. The lowest BCUT2D eigenvalue weighted by Crippen LogP contribution is -2.72. The molecule has 0 aliphatic carbocycles. The number of hydrogen-bond acceptors (Lipinski definition) is 6. The van der Waals surface area contributed by atoms with Crippen molar-refractivity contribution < 1.29 is 28.9 Å². The number of hydrogen-bond donors (Lipinski definition) is 3. The lowest BCUT2D eigenvalue weighted by atomic mass is 9.99. The van der Waals surface area contributed by atoms with Gasteiger partial charge in [0.15, 0.2) is 6.29 Å². The average Bonchev–Trinajstić information content (AvgIpc) is 3.04. The van der Waals surface area contributed by atoms with Crippen LogP contribution in [0.2, 0.25) is 10.1 Å². The van der Waals surface area contributed by atoms with Crippen molar-refractivity contribution in [1.82, 2.24) is 0 Å². The summed E-state index contributed by atoms with van der Waals surface area (Å²) < 4.78 is 20.2. The molecule has 1 saturated heterocycles. The van der Waals surface area contributed by atoms with Crippen LogP contribution in [0, 0.1) is 0 Å². The molecule has 0 unspecified atom stereocenters. The zero-order chi connectivity index (χ0) is 33.2. The lowest BCUT2D eigenvalue weighted by Gasteiger charge is -2.50. The highest BCUT2D eigenvalue weighted by molar-refractivity contribution is 7.00. The molecule has 0 aromatic heterocycles. The van der Waals surface area contributed by atoms with E-state index in [0.29, 0.717) is 0 Å². The van der Waals surface area contributed by atoms with Crippen LogP contribution in [0.25, 0.3) is 0 Å². The first-order valence-corrected chi connectivity index (χ1v) is 19.9. The van der Waals surface area contributed by atoms with E-state index in [1.165, 1.54) is 0 Å². The summed E-state index contributed by atoms with van der Waals surface area (Å²) in [6.45, 7) is 13.0. The molecule has 0 spiro atoms. The molecule has 3 N–H and O–H groups in total. The third-order valence-electron chi connectivity index (χ3n) is 9.27. The van der Waals surface area contributed by atoms with Crippen LogP contribution in [0.5, 0.6) is 0 Å².